The highest BCUT2D eigenvalue weighted by molar-refractivity contribution is 5.69. The fourth-order valence-corrected chi connectivity index (χ4v) is 5.25. The second-order valence-electron chi connectivity index (χ2n) is 9.52. The Labute approximate surface area is 210 Å². The SMILES string of the molecule is COc1ccc(F)c(-c2ccc(Cc3ccc(N4CC5(C[C@@H]4CC(=O)O)OCCO5)cc3)c(C)c2)c1. The minimum absolute atomic E-state index is 0.0373. The van der Waals surface area contributed by atoms with Crippen molar-refractivity contribution < 1.29 is 28.5 Å². The highest BCUT2D eigenvalue weighted by Crippen LogP contribution is 2.39. The number of carboxylic acid groups (broad SMARTS) is 1. The lowest BCUT2D eigenvalue weighted by Gasteiger charge is -2.26. The van der Waals surface area contributed by atoms with Crippen LogP contribution in [-0.2, 0) is 20.7 Å². The lowest BCUT2D eigenvalue weighted by molar-refractivity contribution is -0.143. The Balaban J connectivity index is 1.32. The van der Waals surface area contributed by atoms with Gasteiger partial charge in [0, 0.05) is 23.7 Å². The summed E-state index contributed by atoms with van der Waals surface area (Å²) in [6.45, 7) is 3.63. The molecule has 2 aliphatic heterocycles. The molecule has 188 valence electrons. The van der Waals surface area contributed by atoms with Crippen molar-refractivity contribution in [1.29, 1.82) is 0 Å². The molecule has 1 atom stereocenters. The van der Waals surface area contributed by atoms with E-state index < -0.39 is 11.8 Å². The van der Waals surface area contributed by atoms with Crippen molar-refractivity contribution in [3.05, 3.63) is 83.2 Å². The van der Waals surface area contributed by atoms with Crippen molar-refractivity contribution in [3.8, 4) is 16.9 Å². The van der Waals surface area contributed by atoms with Gasteiger partial charge in [0.2, 0.25) is 0 Å². The minimum Gasteiger partial charge on any atom is -0.497 e. The number of hydrogen-bond donors (Lipinski definition) is 1. The quantitative estimate of drug-likeness (QED) is 0.490. The number of halogens is 1. The summed E-state index contributed by atoms with van der Waals surface area (Å²) < 4.78 is 31.4. The Kier molecular flexibility index (Phi) is 6.69. The zero-order chi connectivity index (χ0) is 25.3. The van der Waals surface area contributed by atoms with Gasteiger partial charge in [-0.1, -0.05) is 30.3 Å². The largest absolute Gasteiger partial charge is 0.497 e. The Morgan fingerprint density at radius 1 is 1.11 bits per heavy atom. The highest BCUT2D eigenvalue weighted by Gasteiger charge is 2.49. The number of ether oxygens (including phenoxy) is 3. The number of aryl methyl sites for hydroxylation is 1. The molecule has 7 heteroatoms. The van der Waals surface area contributed by atoms with Crippen LogP contribution < -0.4 is 9.64 Å². The van der Waals surface area contributed by atoms with E-state index in [4.69, 9.17) is 14.2 Å². The summed E-state index contributed by atoms with van der Waals surface area (Å²) in [5, 5.41) is 9.40. The van der Waals surface area contributed by atoms with Crippen LogP contribution in [0.5, 0.6) is 5.75 Å². The van der Waals surface area contributed by atoms with Crippen LogP contribution in [0.4, 0.5) is 10.1 Å². The van der Waals surface area contributed by atoms with Crippen molar-refractivity contribution in [2.45, 2.75) is 38.0 Å². The van der Waals surface area contributed by atoms with E-state index in [1.54, 1.807) is 19.2 Å². The first-order valence-corrected chi connectivity index (χ1v) is 12.1. The molecular weight excluding hydrogens is 461 g/mol. The van der Waals surface area contributed by atoms with Gasteiger partial charge in [0.25, 0.3) is 0 Å². The Morgan fingerprint density at radius 2 is 1.86 bits per heavy atom. The van der Waals surface area contributed by atoms with E-state index in [-0.39, 0.29) is 18.3 Å². The predicted octanol–water partition coefficient (Wildman–Crippen LogP) is 5.20. The number of aliphatic carboxylic acids is 1. The summed E-state index contributed by atoms with van der Waals surface area (Å²) in [6.07, 6.45) is 1.32. The lowest BCUT2D eigenvalue weighted by Crippen LogP contribution is -2.35. The summed E-state index contributed by atoms with van der Waals surface area (Å²) in [4.78, 5) is 13.5. The summed E-state index contributed by atoms with van der Waals surface area (Å²) in [7, 11) is 1.57. The summed E-state index contributed by atoms with van der Waals surface area (Å²) in [6, 6.07) is 18.8. The highest BCUT2D eigenvalue weighted by atomic mass is 19.1. The molecule has 6 nitrogen and oxygen atoms in total. The maximum atomic E-state index is 14.4. The van der Waals surface area contributed by atoms with Gasteiger partial charge in [-0.05, 0) is 65.9 Å². The van der Waals surface area contributed by atoms with E-state index in [2.05, 4.69) is 17.0 Å². The number of methoxy groups -OCH3 is 1. The fraction of sp³-hybridized carbons (Fsp3) is 0.345. The van der Waals surface area contributed by atoms with Crippen molar-refractivity contribution >= 4 is 11.7 Å². The molecule has 0 aromatic heterocycles. The Hall–Kier alpha value is -3.42. The first kappa shape index (κ1) is 24.3. The molecule has 3 aromatic rings. The molecule has 0 unspecified atom stereocenters. The maximum Gasteiger partial charge on any atom is 0.305 e. The summed E-state index contributed by atoms with van der Waals surface area (Å²) in [5.41, 5.74) is 5.67. The summed E-state index contributed by atoms with van der Waals surface area (Å²) >= 11 is 0. The lowest BCUT2D eigenvalue weighted by atomic mass is 9.95. The first-order chi connectivity index (χ1) is 17.4. The van der Waals surface area contributed by atoms with Crippen LogP contribution in [0.25, 0.3) is 11.1 Å². The van der Waals surface area contributed by atoms with E-state index in [1.165, 1.54) is 6.07 Å². The van der Waals surface area contributed by atoms with Crippen molar-refractivity contribution in [1.82, 2.24) is 0 Å². The van der Waals surface area contributed by atoms with Gasteiger partial charge in [-0.15, -0.1) is 0 Å². The molecule has 36 heavy (non-hydrogen) atoms. The molecule has 2 saturated heterocycles. The molecule has 3 aromatic carbocycles. The first-order valence-electron chi connectivity index (χ1n) is 12.1. The van der Waals surface area contributed by atoms with Crippen LogP contribution in [0.3, 0.4) is 0 Å². The molecule has 0 amide bonds. The van der Waals surface area contributed by atoms with Gasteiger partial charge in [0.15, 0.2) is 5.79 Å². The monoisotopic (exact) mass is 491 g/mol. The molecule has 1 N–H and O–H groups in total. The van der Waals surface area contributed by atoms with Crippen LogP contribution in [0.1, 0.15) is 29.5 Å². The molecule has 1 spiro atoms. The van der Waals surface area contributed by atoms with E-state index in [1.807, 2.05) is 37.3 Å². The van der Waals surface area contributed by atoms with E-state index in [0.717, 1.165) is 34.4 Å². The Bertz CT molecular complexity index is 1250. The van der Waals surface area contributed by atoms with Gasteiger partial charge >= 0.3 is 5.97 Å². The van der Waals surface area contributed by atoms with Crippen molar-refractivity contribution in [2.24, 2.45) is 0 Å². The van der Waals surface area contributed by atoms with Crippen LogP contribution >= 0.6 is 0 Å². The van der Waals surface area contributed by atoms with Gasteiger partial charge in [-0.3, -0.25) is 4.79 Å². The number of anilines is 1. The number of carbonyl (C=O) groups is 1. The normalized spacial score (nSPS) is 18.6. The fourth-order valence-electron chi connectivity index (χ4n) is 5.25. The van der Waals surface area contributed by atoms with Crippen molar-refractivity contribution in [2.75, 3.05) is 31.8 Å². The molecule has 5 rings (SSSR count). The van der Waals surface area contributed by atoms with Gasteiger partial charge < -0.3 is 24.2 Å². The zero-order valence-electron chi connectivity index (χ0n) is 20.5. The smallest absolute Gasteiger partial charge is 0.305 e. The number of benzene rings is 3. The zero-order valence-corrected chi connectivity index (χ0v) is 20.5. The molecule has 0 saturated carbocycles. The second kappa shape index (κ2) is 9.91. The van der Waals surface area contributed by atoms with Crippen LogP contribution in [0.2, 0.25) is 0 Å². The molecule has 2 fully saturated rings. The topological polar surface area (TPSA) is 68.2 Å². The summed E-state index contributed by atoms with van der Waals surface area (Å²) in [5.74, 6) is -1.20. The third-order valence-corrected chi connectivity index (χ3v) is 7.11. The molecule has 0 radical (unpaired) electrons. The predicted molar refractivity (Wildman–Crippen MR) is 135 cm³/mol. The molecule has 2 aliphatic rings. The third-order valence-electron chi connectivity index (χ3n) is 7.11. The third kappa shape index (κ3) is 4.94. The van der Waals surface area contributed by atoms with Gasteiger partial charge in [0.05, 0.1) is 33.3 Å². The molecular formula is C29H30FNO5. The number of hydrogen-bond acceptors (Lipinski definition) is 5. The van der Waals surface area contributed by atoms with Crippen LogP contribution in [0, 0.1) is 12.7 Å². The van der Waals surface area contributed by atoms with Gasteiger partial charge in [0.1, 0.15) is 11.6 Å². The average Bonchev–Trinajstić information content (AvgIpc) is 3.47. The number of nitrogens with zero attached hydrogens (tertiary/aromatic N) is 1. The average molecular weight is 492 g/mol. The van der Waals surface area contributed by atoms with Gasteiger partial charge in [-0.2, -0.15) is 0 Å². The van der Waals surface area contributed by atoms with Crippen LogP contribution in [-0.4, -0.2) is 49.8 Å². The van der Waals surface area contributed by atoms with Crippen LogP contribution in [0.15, 0.2) is 60.7 Å². The van der Waals surface area contributed by atoms with E-state index >= 15 is 0 Å². The molecule has 0 aliphatic carbocycles. The maximum absolute atomic E-state index is 14.4. The Morgan fingerprint density at radius 3 is 2.53 bits per heavy atom. The standard InChI is InChI=1S/C29H30FNO5/c1-19-13-22(26-16-25(34-2)9-10-27(26)30)6-5-21(19)14-20-3-7-23(8-4-20)31-18-29(35-11-12-36-29)17-24(31)15-28(32)33/h3-10,13,16,24H,11-12,14-15,17-18H2,1-2H3,(H,32,33)/t24-/m0/s1. The van der Waals surface area contributed by atoms with E-state index in [9.17, 15) is 14.3 Å². The number of rotatable bonds is 7. The number of carboxylic acids is 1. The molecule has 0 bridgehead atoms. The minimum atomic E-state index is -0.829. The van der Waals surface area contributed by atoms with Gasteiger partial charge in [-0.25, -0.2) is 4.39 Å². The second-order valence-corrected chi connectivity index (χ2v) is 9.52. The van der Waals surface area contributed by atoms with Crippen molar-refractivity contribution in [3.63, 3.8) is 0 Å². The van der Waals surface area contributed by atoms with E-state index in [0.29, 0.717) is 37.5 Å². The molecule has 2 heterocycles.